The van der Waals surface area contributed by atoms with Crippen molar-refractivity contribution in [2.45, 2.75) is 27.7 Å². The Morgan fingerprint density at radius 3 is 1.46 bits per heavy atom. The lowest BCUT2D eigenvalue weighted by molar-refractivity contribution is 1.18. The van der Waals surface area contributed by atoms with Crippen molar-refractivity contribution in [2.75, 3.05) is 0 Å². The highest BCUT2D eigenvalue weighted by Gasteiger charge is 2.16. The molecule has 198 valence electrons. The summed E-state index contributed by atoms with van der Waals surface area (Å²) in [5.74, 6) is 0. The molecule has 0 bridgehead atoms. The monoisotopic (exact) mass is 527 g/mol. The van der Waals surface area contributed by atoms with Crippen molar-refractivity contribution in [2.24, 2.45) is 0 Å². The Balaban J connectivity index is 1.52. The summed E-state index contributed by atoms with van der Waals surface area (Å²) in [4.78, 5) is 0. The second-order valence-corrected chi connectivity index (χ2v) is 11.4. The third-order valence-electron chi connectivity index (χ3n) is 8.36. The van der Waals surface area contributed by atoms with E-state index >= 15 is 0 Å². The normalized spacial score (nSPS) is 11.4. The molecule has 0 atom stereocenters. The lowest BCUT2D eigenvalue weighted by atomic mass is 9.96. The van der Waals surface area contributed by atoms with Gasteiger partial charge >= 0.3 is 0 Å². The van der Waals surface area contributed by atoms with Gasteiger partial charge in [0.15, 0.2) is 0 Å². The minimum atomic E-state index is 1.17. The van der Waals surface area contributed by atoms with Crippen LogP contribution in [0.1, 0.15) is 22.3 Å². The van der Waals surface area contributed by atoms with Crippen LogP contribution in [0.15, 0.2) is 127 Å². The van der Waals surface area contributed by atoms with Gasteiger partial charge < -0.3 is 4.57 Å². The highest BCUT2D eigenvalue weighted by Crippen LogP contribution is 2.38. The van der Waals surface area contributed by atoms with E-state index in [4.69, 9.17) is 0 Å². The molecule has 0 saturated carbocycles. The largest absolute Gasteiger partial charge is 0.309 e. The van der Waals surface area contributed by atoms with Crippen molar-refractivity contribution < 1.29 is 0 Å². The van der Waals surface area contributed by atoms with Crippen LogP contribution in [-0.2, 0) is 0 Å². The number of aromatic nitrogens is 1. The summed E-state index contributed by atoms with van der Waals surface area (Å²) in [6.07, 6.45) is 0. The first-order valence-electron chi connectivity index (χ1n) is 14.4. The summed E-state index contributed by atoms with van der Waals surface area (Å²) in [5, 5.41) is 2.54. The van der Waals surface area contributed by atoms with Crippen molar-refractivity contribution >= 4 is 21.8 Å². The Labute approximate surface area is 242 Å². The van der Waals surface area contributed by atoms with E-state index in [9.17, 15) is 0 Å². The van der Waals surface area contributed by atoms with Gasteiger partial charge in [0.25, 0.3) is 0 Å². The molecule has 0 aliphatic heterocycles. The molecule has 6 aromatic carbocycles. The van der Waals surface area contributed by atoms with E-state index in [0.29, 0.717) is 0 Å². The summed E-state index contributed by atoms with van der Waals surface area (Å²) in [6.45, 7) is 8.74. The fraction of sp³-hybridized carbons (Fsp3) is 0.100. The average Bonchev–Trinajstić information content (AvgIpc) is 3.30. The van der Waals surface area contributed by atoms with Gasteiger partial charge in [-0.2, -0.15) is 0 Å². The van der Waals surface area contributed by atoms with Crippen LogP contribution in [0.3, 0.4) is 0 Å². The van der Waals surface area contributed by atoms with Crippen LogP contribution >= 0.6 is 0 Å². The zero-order valence-corrected chi connectivity index (χ0v) is 24.1. The van der Waals surface area contributed by atoms with Crippen LogP contribution in [0.2, 0.25) is 0 Å². The van der Waals surface area contributed by atoms with E-state index in [2.05, 4.69) is 160 Å². The molecule has 0 N–H and O–H groups in total. The van der Waals surface area contributed by atoms with Crippen LogP contribution < -0.4 is 0 Å². The molecule has 0 saturated heterocycles. The van der Waals surface area contributed by atoms with Gasteiger partial charge in [-0.25, -0.2) is 0 Å². The summed E-state index contributed by atoms with van der Waals surface area (Å²) >= 11 is 0. The molecule has 0 spiro atoms. The van der Waals surface area contributed by atoms with Crippen molar-refractivity contribution in [1.29, 1.82) is 0 Å². The highest BCUT2D eigenvalue weighted by molar-refractivity contribution is 6.11. The van der Waals surface area contributed by atoms with Crippen LogP contribution in [0.4, 0.5) is 0 Å². The fourth-order valence-electron chi connectivity index (χ4n) is 6.36. The fourth-order valence-corrected chi connectivity index (χ4v) is 6.36. The molecule has 1 heteroatoms. The Hall–Kier alpha value is -4.88. The van der Waals surface area contributed by atoms with E-state index < -0.39 is 0 Å². The molecule has 0 unspecified atom stereocenters. The maximum absolute atomic E-state index is 2.46. The van der Waals surface area contributed by atoms with E-state index in [1.54, 1.807) is 0 Å². The highest BCUT2D eigenvalue weighted by atomic mass is 15.0. The first-order valence-corrected chi connectivity index (χ1v) is 14.4. The molecule has 0 aliphatic carbocycles. The van der Waals surface area contributed by atoms with Crippen LogP contribution in [0.25, 0.3) is 60.9 Å². The van der Waals surface area contributed by atoms with Crippen molar-refractivity contribution in [3.05, 3.63) is 150 Å². The van der Waals surface area contributed by atoms with Crippen LogP contribution in [0, 0.1) is 27.7 Å². The molecule has 0 fully saturated rings. The van der Waals surface area contributed by atoms with Crippen LogP contribution in [-0.4, -0.2) is 4.57 Å². The molecule has 7 rings (SSSR count). The number of hydrogen-bond acceptors (Lipinski definition) is 0. The number of nitrogens with zero attached hydrogens (tertiary/aromatic N) is 1. The maximum atomic E-state index is 2.46. The molecular weight excluding hydrogens is 494 g/mol. The minimum Gasteiger partial charge on any atom is -0.309 e. The van der Waals surface area contributed by atoms with Gasteiger partial charge in [0, 0.05) is 16.5 Å². The minimum absolute atomic E-state index is 1.17. The molecule has 1 nitrogen and oxygen atoms in total. The SMILES string of the molecule is Cc1ccc(-c2ccc3c4ccc(-c5ccc(C)cc5C)cc4n(-c4cccc(-c5ccccc5)c4)c3c2)c(C)c1. The molecule has 1 aromatic heterocycles. The van der Waals surface area contributed by atoms with Crippen molar-refractivity contribution in [3.8, 4) is 39.1 Å². The third-order valence-corrected chi connectivity index (χ3v) is 8.36. The predicted molar refractivity (Wildman–Crippen MR) is 176 cm³/mol. The lowest BCUT2D eigenvalue weighted by Gasteiger charge is -2.13. The van der Waals surface area contributed by atoms with Crippen molar-refractivity contribution in [3.63, 3.8) is 0 Å². The van der Waals surface area contributed by atoms with Gasteiger partial charge in [-0.1, -0.05) is 114 Å². The molecule has 0 radical (unpaired) electrons. The first-order chi connectivity index (χ1) is 20.0. The maximum Gasteiger partial charge on any atom is 0.0547 e. The Morgan fingerprint density at radius 1 is 0.390 bits per heavy atom. The lowest BCUT2D eigenvalue weighted by Crippen LogP contribution is -1.95. The van der Waals surface area contributed by atoms with Gasteiger partial charge in [-0.3, -0.25) is 0 Å². The third kappa shape index (κ3) is 4.44. The van der Waals surface area contributed by atoms with E-state index in [0.717, 1.165) is 0 Å². The van der Waals surface area contributed by atoms with Gasteiger partial charge in [0.05, 0.1) is 11.0 Å². The van der Waals surface area contributed by atoms with Crippen LogP contribution in [0.5, 0.6) is 0 Å². The number of hydrogen-bond donors (Lipinski definition) is 0. The predicted octanol–water partition coefficient (Wildman–Crippen LogP) is 11.0. The molecule has 7 aromatic rings. The van der Waals surface area contributed by atoms with Gasteiger partial charge in [-0.15, -0.1) is 0 Å². The second kappa shape index (κ2) is 9.94. The first kappa shape index (κ1) is 25.1. The zero-order valence-electron chi connectivity index (χ0n) is 24.1. The summed E-state index contributed by atoms with van der Waals surface area (Å²) in [5.41, 5.74) is 16.3. The summed E-state index contributed by atoms with van der Waals surface area (Å²) in [7, 11) is 0. The van der Waals surface area contributed by atoms with Gasteiger partial charge in [-0.05, 0) is 96.5 Å². The quantitative estimate of drug-likeness (QED) is 0.214. The van der Waals surface area contributed by atoms with E-state index in [-0.39, 0.29) is 0 Å². The van der Waals surface area contributed by atoms with E-state index in [1.807, 2.05) is 0 Å². The summed E-state index contributed by atoms with van der Waals surface area (Å²) in [6, 6.07) is 47.0. The molecular formula is C40H33N. The second-order valence-electron chi connectivity index (χ2n) is 11.4. The molecule has 0 amide bonds. The molecule has 0 aliphatic rings. The number of benzene rings is 6. The molecule has 1 heterocycles. The average molecular weight is 528 g/mol. The molecule has 41 heavy (non-hydrogen) atoms. The Bertz CT molecular complexity index is 1970. The van der Waals surface area contributed by atoms with Crippen molar-refractivity contribution in [1.82, 2.24) is 4.57 Å². The summed E-state index contributed by atoms with van der Waals surface area (Å²) < 4.78 is 2.46. The topological polar surface area (TPSA) is 4.93 Å². The number of fused-ring (bicyclic) bond motifs is 3. The smallest absolute Gasteiger partial charge is 0.0547 e. The Kier molecular flexibility index (Phi) is 6.09. The number of aryl methyl sites for hydroxylation is 4. The zero-order chi connectivity index (χ0) is 28.1. The number of rotatable bonds is 4. The standard InChI is InChI=1S/C40H33N/c1-26-13-17-35(28(3)21-26)32-15-19-37-38-20-16-33(36-18-14-27(2)22-29(36)4)25-40(38)41(39(37)24-32)34-12-8-11-31(23-34)30-9-6-5-7-10-30/h5-25H,1-4H3. The van der Waals surface area contributed by atoms with E-state index in [1.165, 1.54) is 83.1 Å². The Morgan fingerprint density at radius 2 is 0.927 bits per heavy atom. The van der Waals surface area contributed by atoms with Gasteiger partial charge in [0.1, 0.15) is 0 Å². The van der Waals surface area contributed by atoms with Gasteiger partial charge in [0.2, 0.25) is 0 Å².